The average molecular weight is 655 g/mol. The molecule has 0 spiro atoms. The number of piperidine rings is 1. The molecule has 1 aliphatic heterocycles. The fourth-order valence-corrected chi connectivity index (χ4v) is 7.45. The summed E-state index contributed by atoms with van der Waals surface area (Å²) in [5, 5.41) is 20.3. The Morgan fingerprint density at radius 3 is 2.39 bits per heavy atom. The Morgan fingerprint density at radius 1 is 1.07 bits per heavy atom. The van der Waals surface area contributed by atoms with Crippen LogP contribution in [0.5, 0.6) is 0 Å². The third-order valence-corrected chi connectivity index (χ3v) is 9.96. The van der Waals surface area contributed by atoms with E-state index in [4.69, 9.17) is 23.2 Å². The minimum atomic E-state index is -3.05. The van der Waals surface area contributed by atoms with Crippen LogP contribution >= 0.6 is 23.2 Å². The lowest BCUT2D eigenvalue weighted by molar-refractivity contribution is -0.161. The zero-order chi connectivity index (χ0) is 31.6. The Morgan fingerprint density at radius 2 is 1.77 bits per heavy atom. The molecule has 230 valence electrons. The predicted molar refractivity (Wildman–Crippen MR) is 169 cm³/mol. The molecule has 0 aromatic heterocycles. The third kappa shape index (κ3) is 7.10. The molecule has 3 aromatic carbocycles. The van der Waals surface area contributed by atoms with Gasteiger partial charge in [0.2, 0.25) is 16.8 Å². The van der Waals surface area contributed by atoms with E-state index in [1.807, 2.05) is 30.3 Å². The second-order valence-corrected chi connectivity index (χ2v) is 13.9. The van der Waals surface area contributed by atoms with Gasteiger partial charge in [-0.1, -0.05) is 66.5 Å². The maximum Gasteiger partial charge on any atom is 0.304 e. The van der Waals surface area contributed by atoms with Gasteiger partial charge in [0.1, 0.15) is 0 Å². The van der Waals surface area contributed by atoms with Crippen LogP contribution in [-0.2, 0) is 27.0 Å². The number of carbonyl (C=O) groups is 2. The first-order valence-corrected chi connectivity index (χ1v) is 16.3. The standard InChI is InChI=1S/C33H33Cl2N3O5S/c1-33(17-30(39)40)16-28(25-6-3-7-27(35)15-25)31(24-10-12-26(34)13-11-24)38(32(33)41)29(23-8-9-23)20-37(44(42)43)19-22-5-2-4-21(14-22)18-36/h2-7,10-15,23,28-29,31,44H,8-9,16-17,19-20H2,1H3,(H,39,40). The fourth-order valence-electron chi connectivity index (χ4n) is 6.54. The number of aliphatic carboxylic acids is 1. The molecule has 11 heteroatoms. The summed E-state index contributed by atoms with van der Waals surface area (Å²) in [6.45, 7) is 1.76. The highest BCUT2D eigenvalue weighted by Gasteiger charge is 2.54. The summed E-state index contributed by atoms with van der Waals surface area (Å²) in [6, 6.07) is 22.4. The highest BCUT2D eigenvalue weighted by molar-refractivity contribution is 7.69. The second kappa shape index (κ2) is 13.3. The van der Waals surface area contributed by atoms with Crippen molar-refractivity contribution >= 4 is 46.0 Å². The van der Waals surface area contributed by atoms with Crippen LogP contribution < -0.4 is 0 Å². The Kier molecular flexibility index (Phi) is 9.66. The van der Waals surface area contributed by atoms with Crippen molar-refractivity contribution in [1.29, 1.82) is 5.26 Å². The van der Waals surface area contributed by atoms with E-state index in [0.717, 1.165) is 24.0 Å². The van der Waals surface area contributed by atoms with Crippen LogP contribution in [0.3, 0.4) is 0 Å². The number of halogens is 2. The summed E-state index contributed by atoms with van der Waals surface area (Å²) in [4.78, 5) is 28.6. The van der Waals surface area contributed by atoms with Crippen LogP contribution in [0, 0.1) is 22.7 Å². The molecule has 3 aromatic rings. The minimum absolute atomic E-state index is 0.0292. The van der Waals surface area contributed by atoms with E-state index in [2.05, 4.69) is 6.07 Å². The monoisotopic (exact) mass is 653 g/mol. The largest absolute Gasteiger partial charge is 0.481 e. The van der Waals surface area contributed by atoms with Crippen molar-refractivity contribution in [3.05, 3.63) is 105 Å². The molecule has 0 bridgehead atoms. The molecule has 0 radical (unpaired) electrons. The van der Waals surface area contributed by atoms with Gasteiger partial charge in [-0.25, -0.2) is 8.42 Å². The Labute approximate surface area is 268 Å². The van der Waals surface area contributed by atoms with Gasteiger partial charge in [0, 0.05) is 35.1 Å². The van der Waals surface area contributed by atoms with E-state index < -0.39 is 34.4 Å². The summed E-state index contributed by atoms with van der Waals surface area (Å²) < 4.78 is 26.7. The first kappa shape index (κ1) is 32.0. The van der Waals surface area contributed by atoms with Gasteiger partial charge in [-0.3, -0.25) is 9.59 Å². The maximum atomic E-state index is 14.6. The summed E-state index contributed by atoms with van der Waals surface area (Å²) in [5.41, 5.74) is 1.51. The number of rotatable bonds is 11. The van der Waals surface area contributed by atoms with Gasteiger partial charge in [0.15, 0.2) is 0 Å². The number of nitrogens with zero attached hydrogens (tertiary/aromatic N) is 3. The molecule has 1 saturated carbocycles. The molecule has 1 N–H and O–H groups in total. The number of hydrogen-bond donors (Lipinski definition) is 2. The molecule has 1 aliphatic carbocycles. The number of likely N-dealkylation sites (tertiary alicyclic amines) is 1. The molecular formula is C33H33Cl2N3O5S. The molecule has 2 aliphatic rings. The van der Waals surface area contributed by atoms with Gasteiger partial charge in [0.25, 0.3) is 0 Å². The molecular weight excluding hydrogens is 621 g/mol. The van der Waals surface area contributed by atoms with Gasteiger partial charge >= 0.3 is 5.97 Å². The molecule has 8 nitrogen and oxygen atoms in total. The van der Waals surface area contributed by atoms with E-state index in [1.54, 1.807) is 54.3 Å². The van der Waals surface area contributed by atoms with Gasteiger partial charge in [-0.2, -0.15) is 9.57 Å². The second-order valence-electron chi connectivity index (χ2n) is 12.0. The lowest BCUT2D eigenvalue weighted by atomic mass is 9.67. The number of amides is 1. The lowest BCUT2D eigenvalue weighted by Gasteiger charge is -2.52. The molecule has 4 unspecified atom stereocenters. The molecule has 1 amide bonds. The number of carbonyl (C=O) groups excluding carboxylic acids is 1. The van der Waals surface area contributed by atoms with Gasteiger partial charge < -0.3 is 10.0 Å². The van der Waals surface area contributed by atoms with Crippen molar-refractivity contribution in [2.75, 3.05) is 6.54 Å². The number of nitriles is 1. The van der Waals surface area contributed by atoms with Crippen LogP contribution in [0.2, 0.25) is 10.0 Å². The Balaban J connectivity index is 1.63. The maximum absolute atomic E-state index is 14.6. The average Bonchev–Trinajstić information content (AvgIpc) is 3.82. The van der Waals surface area contributed by atoms with Crippen molar-refractivity contribution in [2.24, 2.45) is 11.3 Å². The van der Waals surface area contributed by atoms with E-state index in [1.165, 1.54) is 4.31 Å². The topological polar surface area (TPSA) is 119 Å². The first-order chi connectivity index (χ1) is 21.0. The zero-order valence-electron chi connectivity index (χ0n) is 24.1. The molecule has 1 saturated heterocycles. The first-order valence-electron chi connectivity index (χ1n) is 14.4. The zero-order valence-corrected chi connectivity index (χ0v) is 26.5. The summed E-state index contributed by atoms with van der Waals surface area (Å²) in [5.74, 6) is -1.70. The lowest BCUT2D eigenvalue weighted by Crippen LogP contribution is -2.58. The smallest absolute Gasteiger partial charge is 0.304 e. The highest BCUT2D eigenvalue weighted by atomic mass is 35.5. The quantitative estimate of drug-likeness (QED) is 0.238. The summed E-state index contributed by atoms with van der Waals surface area (Å²) in [6.07, 6.45) is 1.52. The highest BCUT2D eigenvalue weighted by Crippen LogP contribution is 2.54. The molecule has 1 heterocycles. The van der Waals surface area contributed by atoms with Crippen LogP contribution in [0.4, 0.5) is 0 Å². The Bertz CT molecular complexity index is 1660. The number of benzene rings is 3. The van der Waals surface area contributed by atoms with Crippen LogP contribution in [0.25, 0.3) is 0 Å². The van der Waals surface area contributed by atoms with E-state index in [0.29, 0.717) is 21.2 Å². The number of hydrogen-bond acceptors (Lipinski definition) is 5. The molecule has 4 atom stereocenters. The van der Waals surface area contributed by atoms with Crippen molar-refractivity contribution in [1.82, 2.24) is 9.21 Å². The third-order valence-electron chi connectivity index (χ3n) is 8.71. The minimum Gasteiger partial charge on any atom is -0.481 e. The number of carboxylic acid groups (broad SMARTS) is 1. The SMILES string of the molecule is CC1(CC(=O)O)CC(c2cccc(Cl)c2)C(c2ccc(Cl)cc2)N(C(CN(Cc2cccc(C#N)c2)[SH](=O)=O)C2CC2)C1=O. The van der Waals surface area contributed by atoms with E-state index >= 15 is 0 Å². The fraction of sp³-hybridized carbons (Fsp3) is 0.364. The normalized spacial score (nSPS) is 22.6. The van der Waals surface area contributed by atoms with Crippen LogP contribution in [-0.4, -0.2) is 47.2 Å². The number of carboxylic acids is 1. The van der Waals surface area contributed by atoms with Gasteiger partial charge in [-0.15, -0.1) is 0 Å². The molecule has 5 rings (SSSR count). The van der Waals surface area contributed by atoms with Gasteiger partial charge in [-0.05, 0) is 78.3 Å². The van der Waals surface area contributed by atoms with Crippen LogP contribution in [0.15, 0.2) is 72.8 Å². The van der Waals surface area contributed by atoms with Crippen molar-refractivity contribution in [3.8, 4) is 6.07 Å². The van der Waals surface area contributed by atoms with Crippen molar-refractivity contribution in [3.63, 3.8) is 0 Å². The van der Waals surface area contributed by atoms with Crippen molar-refractivity contribution < 1.29 is 23.1 Å². The van der Waals surface area contributed by atoms with E-state index in [-0.39, 0.29) is 43.7 Å². The van der Waals surface area contributed by atoms with E-state index in [9.17, 15) is 28.4 Å². The van der Waals surface area contributed by atoms with Gasteiger partial charge in [0.05, 0.1) is 29.5 Å². The van der Waals surface area contributed by atoms with Crippen molar-refractivity contribution in [2.45, 2.75) is 57.2 Å². The Hall–Kier alpha value is -3.42. The summed E-state index contributed by atoms with van der Waals surface area (Å²) >= 11 is 12.7. The molecule has 44 heavy (non-hydrogen) atoms. The van der Waals surface area contributed by atoms with Crippen LogP contribution in [0.1, 0.15) is 66.8 Å². The number of thiol groups is 1. The molecule has 2 fully saturated rings. The summed E-state index contributed by atoms with van der Waals surface area (Å²) in [7, 11) is -3.05. The predicted octanol–water partition coefficient (Wildman–Crippen LogP) is 6.21.